The van der Waals surface area contributed by atoms with Gasteiger partial charge in [-0.3, -0.25) is 19.2 Å². The van der Waals surface area contributed by atoms with Crippen LogP contribution >= 0.6 is 11.8 Å². The minimum Gasteiger partial charge on any atom is -0.480 e. The van der Waals surface area contributed by atoms with Crippen LogP contribution in [0.25, 0.3) is 0 Å². The van der Waals surface area contributed by atoms with Crippen LogP contribution in [-0.2, 0) is 24.0 Å². The van der Waals surface area contributed by atoms with Crippen LogP contribution < -0.4 is 27.4 Å². The number of rotatable bonds is 15. The lowest BCUT2D eigenvalue weighted by Gasteiger charge is -2.27. The Bertz CT molecular complexity index is 673. The summed E-state index contributed by atoms with van der Waals surface area (Å²) in [5.74, 6) is -3.84. The molecule has 11 nitrogen and oxygen atoms in total. The lowest BCUT2D eigenvalue weighted by molar-refractivity contribution is -0.143. The van der Waals surface area contributed by atoms with E-state index in [4.69, 9.17) is 11.5 Å². The summed E-state index contributed by atoms with van der Waals surface area (Å²) >= 11 is 1.52. The van der Waals surface area contributed by atoms with E-state index in [9.17, 15) is 29.1 Å². The Labute approximate surface area is 193 Å². The van der Waals surface area contributed by atoms with E-state index in [1.807, 2.05) is 6.26 Å². The first kappa shape index (κ1) is 29.7. The maximum atomic E-state index is 12.9. The molecule has 0 aliphatic rings. The molecule has 0 aliphatic heterocycles. The van der Waals surface area contributed by atoms with Crippen LogP contribution in [0.3, 0.4) is 0 Å². The molecule has 0 bridgehead atoms. The van der Waals surface area contributed by atoms with Crippen molar-refractivity contribution in [1.82, 2.24) is 16.0 Å². The molecule has 0 aliphatic carbocycles. The molecule has 12 heteroatoms. The maximum absolute atomic E-state index is 12.9. The topological polar surface area (TPSA) is 194 Å². The normalized spacial score (nSPS) is 14.9. The molecular formula is C20H37N5O6S. The number of thioether (sulfide) groups is 1. The van der Waals surface area contributed by atoms with Crippen molar-refractivity contribution in [2.75, 3.05) is 12.0 Å². The van der Waals surface area contributed by atoms with Crippen molar-refractivity contribution >= 4 is 41.4 Å². The highest BCUT2D eigenvalue weighted by Gasteiger charge is 2.32. The predicted octanol–water partition coefficient (Wildman–Crippen LogP) is -0.817. The third-order valence-electron chi connectivity index (χ3n) is 4.76. The molecule has 4 unspecified atom stereocenters. The highest BCUT2D eigenvalue weighted by molar-refractivity contribution is 7.98. The maximum Gasteiger partial charge on any atom is 0.326 e. The van der Waals surface area contributed by atoms with Gasteiger partial charge in [0.05, 0.1) is 6.04 Å². The van der Waals surface area contributed by atoms with Crippen molar-refractivity contribution in [3.63, 3.8) is 0 Å². The number of carboxylic acids is 1. The molecule has 0 saturated carbocycles. The molecule has 0 radical (unpaired) electrons. The zero-order chi connectivity index (χ0) is 25.0. The summed E-state index contributed by atoms with van der Waals surface area (Å²) in [7, 11) is 0. The quantitative estimate of drug-likeness (QED) is 0.177. The number of nitrogens with two attached hydrogens (primary N) is 2. The Morgan fingerprint density at radius 1 is 0.844 bits per heavy atom. The van der Waals surface area contributed by atoms with Crippen LogP contribution in [0.1, 0.15) is 47.0 Å². The molecule has 8 N–H and O–H groups in total. The monoisotopic (exact) mass is 475 g/mol. The first-order valence-corrected chi connectivity index (χ1v) is 11.9. The molecule has 0 fully saturated rings. The number of nitrogens with one attached hydrogen (secondary N) is 3. The minimum atomic E-state index is -1.19. The molecule has 0 spiro atoms. The average Bonchev–Trinajstić information content (AvgIpc) is 2.69. The Balaban J connectivity index is 5.43. The number of hydrogen-bond acceptors (Lipinski definition) is 7. The van der Waals surface area contributed by atoms with Crippen molar-refractivity contribution in [1.29, 1.82) is 0 Å². The molecule has 0 heterocycles. The summed E-state index contributed by atoms with van der Waals surface area (Å²) in [6.07, 6.45) is 2.04. The van der Waals surface area contributed by atoms with Gasteiger partial charge in [0.2, 0.25) is 23.6 Å². The van der Waals surface area contributed by atoms with Crippen molar-refractivity contribution < 1.29 is 29.1 Å². The predicted molar refractivity (Wildman–Crippen MR) is 123 cm³/mol. The van der Waals surface area contributed by atoms with E-state index in [1.165, 1.54) is 11.8 Å². The van der Waals surface area contributed by atoms with Crippen LogP contribution in [-0.4, -0.2) is 70.9 Å². The molecule has 32 heavy (non-hydrogen) atoms. The second-order valence-electron chi connectivity index (χ2n) is 8.25. The number of carbonyl (C=O) groups excluding carboxylic acids is 4. The van der Waals surface area contributed by atoms with Crippen LogP contribution in [0.4, 0.5) is 0 Å². The minimum absolute atomic E-state index is 0.0711. The number of carbonyl (C=O) groups is 5. The van der Waals surface area contributed by atoms with Crippen LogP contribution in [0.15, 0.2) is 0 Å². The van der Waals surface area contributed by atoms with Gasteiger partial charge in [0, 0.05) is 6.42 Å². The molecule has 0 saturated heterocycles. The number of amides is 4. The summed E-state index contributed by atoms with van der Waals surface area (Å²) in [6.45, 7) is 6.67. The molecule has 4 amide bonds. The van der Waals surface area contributed by atoms with Gasteiger partial charge in [0.25, 0.3) is 0 Å². The van der Waals surface area contributed by atoms with Gasteiger partial charge in [-0.2, -0.15) is 11.8 Å². The first-order valence-electron chi connectivity index (χ1n) is 10.5. The fraction of sp³-hybridized carbons (Fsp3) is 0.750. The van der Waals surface area contributed by atoms with E-state index in [1.54, 1.807) is 27.7 Å². The summed E-state index contributed by atoms with van der Waals surface area (Å²) in [5, 5.41) is 16.8. The molecule has 0 aromatic rings. The second-order valence-corrected chi connectivity index (χ2v) is 9.24. The first-order chi connectivity index (χ1) is 14.8. The summed E-state index contributed by atoms with van der Waals surface area (Å²) in [4.78, 5) is 60.6. The fourth-order valence-electron chi connectivity index (χ4n) is 2.76. The largest absolute Gasteiger partial charge is 0.480 e. The van der Waals surface area contributed by atoms with Crippen molar-refractivity contribution in [3.05, 3.63) is 0 Å². The molecule has 184 valence electrons. The summed E-state index contributed by atoms with van der Waals surface area (Å²) < 4.78 is 0. The zero-order valence-electron chi connectivity index (χ0n) is 19.3. The van der Waals surface area contributed by atoms with Crippen molar-refractivity contribution in [3.8, 4) is 0 Å². The Hall–Kier alpha value is -2.34. The van der Waals surface area contributed by atoms with Gasteiger partial charge in [-0.15, -0.1) is 0 Å². The lowest BCUT2D eigenvalue weighted by atomic mass is 9.99. The highest BCUT2D eigenvalue weighted by atomic mass is 32.2. The van der Waals surface area contributed by atoms with Gasteiger partial charge < -0.3 is 32.5 Å². The Kier molecular flexibility index (Phi) is 13.6. The van der Waals surface area contributed by atoms with Crippen LogP contribution in [0, 0.1) is 11.8 Å². The van der Waals surface area contributed by atoms with E-state index in [0.717, 1.165) is 0 Å². The van der Waals surface area contributed by atoms with Crippen LogP contribution in [0.2, 0.25) is 0 Å². The Morgan fingerprint density at radius 2 is 1.38 bits per heavy atom. The second kappa shape index (κ2) is 14.7. The Morgan fingerprint density at radius 3 is 1.81 bits per heavy atom. The van der Waals surface area contributed by atoms with Gasteiger partial charge in [-0.05, 0) is 36.7 Å². The fourth-order valence-corrected chi connectivity index (χ4v) is 3.25. The summed E-state index contributed by atoms with van der Waals surface area (Å²) in [6, 6.07) is -4.15. The van der Waals surface area contributed by atoms with E-state index in [-0.39, 0.29) is 24.7 Å². The molecule has 4 atom stereocenters. The summed E-state index contributed by atoms with van der Waals surface area (Å²) in [5.41, 5.74) is 11.0. The molecule has 0 rings (SSSR count). The van der Waals surface area contributed by atoms with E-state index >= 15 is 0 Å². The average molecular weight is 476 g/mol. The molecule has 0 aromatic carbocycles. The zero-order valence-corrected chi connectivity index (χ0v) is 20.2. The van der Waals surface area contributed by atoms with E-state index in [2.05, 4.69) is 16.0 Å². The lowest BCUT2D eigenvalue weighted by Crippen LogP contribution is -2.59. The number of hydrogen-bond donors (Lipinski definition) is 6. The highest BCUT2D eigenvalue weighted by Crippen LogP contribution is 2.08. The number of aliphatic carboxylic acids is 1. The smallest absolute Gasteiger partial charge is 0.326 e. The third kappa shape index (κ3) is 10.8. The van der Waals surface area contributed by atoms with Crippen molar-refractivity contribution in [2.24, 2.45) is 23.3 Å². The molecular weight excluding hydrogens is 438 g/mol. The van der Waals surface area contributed by atoms with Gasteiger partial charge in [-0.1, -0.05) is 27.7 Å². The van der Waals surface area contributed by atoms with Crippen molar-refractivity contribution in [2.45, 2.75) is 71.1 Å². The number of primary amides is 1. The number of carboxylic acid groups (broad SMARTS) is 1. The van der Waals surface area contributed by atoms with Gasteiger partial charge >= 0.3 is 5.97 Å². The van der Waals surface area contributed by atoms with E-state index < -0.39 is 53.8 Å². The third-order valence-corrected chi connectivity index (χ3v) is 5.40. The van der Waals surface area contributed by atoms with Gasteiger partial charge in [-0.25, -0.2) is 4.79 Å². The van der Waals surface area contributed by atoms with Crippen LogP contribution in [0.5, 0.6) is 0 Å². The van der Waals surface area contributed by atoms with Gasteiger partial charge in [0.15, 0.2) is 0 Å². The van der Waals surface area contributed by atoms with Gasteiger partial charge in [0.1, 0.15) is 18.1 Å². The standard InChI is InChI=1S/C20H37N5O6S/c1-10(2)15(19(29)25-16(11(3)4)20(30)31)24-18(28)13(6-7-14(22)26)23-17(27)12(21)8-9-32-5/h10-13,15-16H,6-9,21H2,1-5H3,(H2,22,26)(H,23,27)(H,24,28)(H,25,29)(H,30,31). The van der Waals surface area contributed by atoms with E-state index in [0.29, 0.717) is 12.2 Å². The molecule has 0 aromatic heterocycles. The SMILES string of the molecule is CSCCC(N)C(=O)NC(CCC(N)=O)C(=O)NC(C(=O)NC(C(=O)O)C(C)C)C(C)C.